The zero-order valence-electron chi connectivity index (χ0n) is 11.5. The van der Waals surface area contributed by atoms with Gasteiger partial charge in [-0.2, -0.15) is 0 Å². The molecule has 1 fully saturated rings. The molecule has 2 aliphatic carbocycles. The monoisotopic (exact) mass is 264 g/mol. The summed E-state index contributed by atoms with van der Waals surface area (Å²) in [7, 11) is 0. The molecule has 1 N–H and O–H groups in total. The van der Waals surface area contributed by atoms with E-state index in [1.165, 1.54) is 42.8 Å². The van der Waals surface area contributed by atoms with Gasteiger partial charge >= 0.3 is 0 Å². The number of nitrogens with zero attached hydrogens (tertiary/aromatic N) is 1. The molecule has 18 heavy (non-hydrogen) atoms. The molecule has 100 valence electrons. The molecule has 1 heterocycles. The van der Waals surface area contributed by atoms with Gasteiger partial charge in [-0.1, -0.05) is 13.8 Å². The lowest BCUT2D eigenvalue weighted by Gasteiger charge is -2.21. The quantitative estimate of drug-likeness (QED) is 0.880. The van der Waals surface area contributed by atoms with Crippen LogP contribution in [0.5, 0.6) is 0 Å². The Kier molecular flexibility index (Phi) is 3.71. The molecule has 0 aromatic carbocycles. The van der Waals surface area contributed by atoms with Crippen molar-refractivity contribution >= 4 is 11.3 Å². The number of rotatable bonds is 5. The SMILES string of the molecule is CC(C)Cc1nc2c(s1)CCCC2CNC1CC1. The first-order valence-corrected chi connectivity index (χ1v) is 8.26. The first kappa shape index (κ1) is 12.6. The van der Waals surface area contributed by atoms with Gasteiger partial charge in [0.05, 0.1) is 10.7 Å². The molecule has 1 unspecified atom stereocenters. The third kappa shape index (κ3) is 2.94. The molecule has 0 bridgehead atoms. The van der Waals surface area contributed by atoms with Gasteiger partial charge < -0.3 is 5.32 Å². The maximum absolute atomic E-state index is 4.95. The molecule has 2 nitrogen and oxygen atoms in total. The Bertz CT molecular complexity index is 407. The first-order valence-electron chi connectivity index (χ1n) is 7.44. The Morgan fingerprint density at radius 1 is 1.33 bits per heavy atom. The minimum atomic E-state index is 0.687. The number of hydrogen-bond donors (Lipinski definition) is 1. The molecule has 2 aliphatic rings. The lowest BCUT2D eigenvalue weighted by Crippen LogP contribution is -2.25. The fourth-order valence-corrected chi connectivity index (χ4v) is 4.20. The fraction of sp³-hybridized carbons (Fsp3) is 0.800. The maximum Gasteiger partial charge on any atom is 0.0933 e. The highest BCUT2D eigenvalue weighted by Gasteiger charge is 2.27. The average molecular weight is 264 g/mol. The average Bonchev–Trinajstić information content (AvgIpc) is 3.05. The molecule has 3 rings (SSSR count). The molecule has 0 saturated heterocycles. The second kappa shape index (κ2) is 5.30. The molecule has 0 spiro atoms. The van der Waals surface area contributed by atoms with Crippen LogP contribution in [0.1, 0.15) is 61.0 Å². The van der Waals surface area contributed by atoms with Gasteiger partial charge in [-0.05, 0) is 38.0 Å². The Labute approximate surface area is 114 Å². The van der Waals surface area contributed by atoms with E-state index >= 15 is 0 Å². The molecule has 0 aliphatic heterocycles. The summed E-state index contributed by atoms with van der Waals surface area (Å²) >= 11 is 1.98. The van der Waals surface area contributed by atoms with E-state index in [0.29, 0.717) is 5.92 Å². The summed E-state index contributed by atoms with van der Waals surface area (Å²) in [5.74, 6) is 1.41. The largest absolute Gasteiger partial charge is 0.313 e. The highest BCUT2D eigenvalue weighted by molar-refractivity contribution is 7.11. The van der Waals surface area contributed by atoms with Gasteiger partial charge in [-0.3, -0.25) is 0 Å². The molecule has 0 radical (unpaired) electrons. The first-order chi connectivity index (χ1) is 8.72. The van der Waals surface area contributed by atoms with E-state index < -0.39 is 0 Å². The van der Waals surface area contributed by atoms with E-state index in [-0.39, 0.29) is 0 Å². The Morgan fingerprint density at radius 3 is 2.89 bits per heavy atom. The summed E-state index contributed by atoms with van der Waals surface area (Å²) in [5.41, 5.74) is 1.44. The second-order valence-corrected chi connectivity index (χ2v) is 7.45. The van der Waals surface area contributed by atoms with Crippen molar-refractivity contribution in [3.8, 4) is 0 Å². The number of hydrogen-bond acceptors (Lipinski definition) is 3. The Hall–Kier alpha value is -0.410. The zero-order valence-corrected chi connectivity index (χ0v) is 12.4. The van der Waals surface area contributed by atoms with Gasteiger partial charge in [0.25, 0.3) is 0 Å². The molecule has 0 amide bonds. The predicted octanol–water partition coefficient (Wildman–Crippen LogP) is 3.51. The van der Waals surface area contributed by atoms with Crippen LogP contribution in [-0.2, 0) is 12.8 Å². The number of aryl methyl sites for hydroxylation is 1. The van der Waals surface area contributed by atoms with Crippen molar-refractivity contribution < 1.29 is 0 Å². The van der Waals surface area contributed by atoms with Crippen LogP contribution in [0.15, 0.2) is 0 Å². The van der Waals surface area contributed by atoms with Gasteiger partial charge in [0.15, 0.2) is 0 Å². The van der Waals surface area contributed by atoms with E-state index in [1.807, 2.05) is 11.3 Å². The number of aromatic nitrogens is 1. The van der Waals surface area contributed by atoms with Crippen molar-refractivity contribution in [2.24, 2.45) is 5.92 Å². The summed E-state index contributed by atoms with van der Waals surface area (Å²) in [4.78, 5) is 6.53. The van der Waals surface area contributed by atoms with E-state index in [1.54, 1.807) is 4.88 Å². The lowest BCUT2D eigenvalue weighted by atomic mass is 9.91. The molecule has 1 aromatic heterocycles. The number of fused-ring (bicyclic) bond motifs is 1. The summed E-state index contributed by atoms with van der Waals surface area (Å²) in [6, 6.07) is 0.823. The molecule has 1 atom stereocenters. The van der Waals surface area contributed by atoms with Crippen LogP contribution in [0, 0.1) is 5.92 Å². The summed E-state index contributed by atoms with van der Waals surface area (Å²) < 4.78 is 0. The zero-order chi connectivity index (χ0) is 12.5. The highest BCUT2D eigenvalue weighted by atomic mass is 32.1. The van der Waals surface area contributed by atoms with Gasteiger partial charge in [-0.15, -0.1) is 11.3 Å². The van der Waals surface area contributed by atoms with Gasteiger partial charge in [0, 0.05) is 29.8 Å². The van der Waals surface area contributed by atoms with Crippen molar-refractivity contribution in [2.45, 2.75) is 64.3 Å². The van der Waals surface area contributed by atoms with Crippen molar-refractivity contribution in [3.05, 3.63) is 15.6 Å². The van der Waals surface area contributed by atoms with E-state index in [2.05, 4.69) is 19.2 Å². The van der Waals surface area contributed by atoms with E-state index in [4.69, 9.17) is 4.98 Å². The fourth-order valence-electron chi connectivity index (χ4n) is 2.79. The predicted molar refractivity (Wildman–Crippen MR) is 77.4 cm³/mol. The van der Waals surface area contributed by atoms with E-state index in [0.717, 1.165) is 24.9 Å². The number of nitrogens with one attached hydrogen (secondary N) is 1. The van der Waals surface area contributed by atoms with Gasteiger partial charge in [0.2, 0.25) is 0 Å². The van der Waals surface area contributed by atoms with Crippen molar-refractivity contribution in [1.29, 1.82) is 0 Å². The second-order valence-electron chi connectivity index (χ2n) is 6.29. The van der Waals surface area contributed by atoms with E-state index in [9.17, 15) is 0 Å². The van der Waals surface area contributed by atoms with Crippen molar-refractivity contribution in [1.82, 2.24) is 10.3 Å². The van der Waals surface area contributed by atoms with Crippen molar-refractivity contribution in [2.75, 3.05) is 6.54 Å². The minimum Gasteiger partial charge on any atom is -0.313 e. The lowest BCUT2D eigenvalue weighted by molar-refractivity contribution is 0.499. The van der Waals surface area contributed by atoms with Crippen LogP contribution in [0.2, 0.25) is 0 Å². The summed E-state index contributed by atoms with van der Waals surface area (Å²) in [5, 5.41) is 5.05. The maximum atomic E-state index is 4.95. The van der Waals surface area contributed by atoms with Crippen LogP contribution < -0.4 is 5.32 Å². The van der Waals surface area contributed by atoms with Crippen LogP contribution in [0.4, 0.5) is 0 Å². The topological polar surface area (TPSA) is 24.9 Å². The van der Waals surface area contributed by atoms with Crippen LogP contribution in [-0.4, -0.2) is 17.6 Å². The smallest absolute Gasteiger partial charge is 0.0933 e. The van der Waals surface area contributed by atoms with Crippen LogP contribution in [0.3, 0.4) is 0 Å². The normalized spacial score (nSPS) is 23.4. The van der Waals surface area contributed by atoms with Gasteiger partial charge in [0.1, 0.15) is 0 Å². The standard InChI is InChI=1S/C15H24N2S/c1-10(2)8-14-17-15-11(9-16-12-6-7-12)4-3-5-13(15)18-14/h10-12,16H,3-9H2,1-2H3. The molecular weight excluding hydrogens is 240 g/mol. The van der Waals surface area contributed by atoms with Crippen LogP contribution in [0.25, 0.3) is 0 Å². The van der Waals surface area contributed by atoms with Gasteiger partial charge in [-0.25, -0.2) is 4.98 Å². The Morgan fingerprint density at radius 2 is 2.17 bits per heavy atom. The highest BCUT2D eigenvalue weighted by Crippen LogP contribution is 2.35. The minimum absolute atomic E-state index is 0.687. The number of thiazole rings is 1. The summed E-state index contributed by atoms with van der Waals surface area (Å²) in [6.45, 7) is 5.72. The van der Waals surface area contributed by atoms with Crippen LogP contribution >= 0.6 is 11.3 Å². The third-order valence-corrected chi connectivity index (χ3v) is 5.08. The molecule has 1 aromatic rings. The molecule has 3 heteroatoms. The van der Waals surface area contributed by atoms with Crippen molar-refractivity contribution in [3.63, 3.8) is 0 Å². The summed E-state index contributed by atoms with van der Waals surface area (Å²) in [6.07, 6.45) is 7.88. The molecular formula is C15H24N2S. The molecule has 1 saturated carbocycles. The Balaban J connectivity index is 1.69. The third-order valence-electron chi connectivity index (χ3n) is 3.93.